The van der Waals surface area contributed by atoms with Crippen molar-refractivity contribution in [2.24, 2.45) is 5.92 Å². The summed E-state index contributed by atoms with van der Waals surface area (Å²) < 4.78 is 3.90. The van der Waals surface area contributed by atoms with Crippen molar-refractivity contribution in [1.29, 1.82) is 0 Å². The van der Waals surface area contributed by atoms with Crippen LogP contribution in [0.3, 0.4) is 0 Å². The molecule has 7 nitrogen and oxygen atoms in total. The second kappa shape index (κ2) is 7.00. The Morgan fingerprint density at radius 3 is 2.44 bits per heavy atom. The van der Waals surface area contributed by atoms with E-state index in [-0.39, 0.29) is 5.91 Å². The highest BCUT2D eigenvalue weighted by molar-refractivity contribution is 5.84. The predicted molar refractivity (Wildman–Crippen MR) is 93.8 cm³/mol. The molecule has 0 aromatic carbocycles. The first-order valence-corrected chi connectivity index (χ1v) is 9.26. The van der Waals surface area contributed by atoms with E-state index in [1.807, 2.05) is 40.1 Å². The highest BCUT2D eigenvalue weighted by Crippen LogP contribution is 2.31. The summed E-state index contributed by atoms with van der Waals surface area (Å²) >= 11 is 0. The maximum Gasteiger partial charge on any atom is 0.250 e. The Labute approximate surface area is 148 Å². The highest BCUT2D eigenvalue weighted by atomic mass is 16.2. The number of likely N-dealkylation sites (tertiary alicyclic amines) is 1. The number of carbonyl (C=O) groups is 1. The number of rotatable bonds is 4. The molecule has 1 N–H and O–H groups in total. The molecule has 134 valence electrons. The van der Waals surface area contributed by atoms with Crippen molar-refractivity contribution in [1.82, 2.24) is 29.8 Å². The van der Waals surface area contributed by atoms with Crippen molar-refractivity contribution < 1.29 is 4.79 Å². The molecule has 2 aromatic heterocycles. The van der Waals surface area contributed by atoms with Crippen LogP contribution in [0.4, 0.5) is 0 Å². The van der Waals surface area contributed by atoms with E-state index in [4.69, 9.17) is 0 Å². The average molecular weight is 342 g/mol. The molecule has 2 saturated heterocycles. The van der Waals surface area contributed by atoms with Crippen LogP contribution < -0.4 is 5.32 Å². The molecule has 0 radical (unpaired) electrons. The Morgan fingerprint density at radius 2 is 1.80 bits per heavy atom. The van der Waals surface area contributed by atoms with Crippen LogP contribution in [-0.2, 0) is 16.9 Å². The molecule has 2 aliphatic heterocycles. The van der Waals surface area contributed by atoms with E-state index in [1.54, 1.807) is 6.20 Å². The first-order chi connectivity index (χ1) is 12.3. The summed E-state index contributed by atoms with van der Waals surface area (Å²) in [5, 5.41) is 12.1. The molecule has 7 heteroatoms. The van der Waals surface area contributed by atoms with Gasteiger partial charge in [0.15, 0.2) is 0 Å². The Hall–Kier alpha value is -2.15. The third-order valence-corrected chi connectivity index (χ3v) is 5.68. The van der Waals surface area contributed by atoms with Crippen molar-refractivity contribution in [3.63, 3.8) is 0 Å². The second-order valence-electron chi connectivity index (χ2n) is 7.20. The Bertz CT molecular complexity index is 667. The zero-order valence-corrected chi connectivity index (χ0v) is 14.5. The number of nitrogens with one attached hydrogen (secondary N) is 1. The molecule has 1 amide bonds. The first-order valence-electron chi connectivity index (χ1n) is 9.26. The van der Waals surface area contributed by atoms with Gasteiger partial charge in [-0.05, 0) is 56.8 Å². The van der Waals surface area contributed by atoms with Crippen LogP contribution >= 0.6 is 0 Å². The minimum Gasteiger partial charge on any atom is -0.341 e. The molecule has 2 aliphatic rings. The van der Waals surface area contributed by atoms with E-state index in [1.165, 1.54) is 0 Å². The van der Waals surface area contributed by atoms with Gasteiger partial charge in [0.2, 0.25) is 0 Å². The number of hydrogen-bond donors (Lipinski definition) is 1. The van der Waals surface area contributed by atoms with Gasteiger partial charge < -0.3 is 10.2 Å². The number of hydrogen-bond acceptors (Lipinski definition) is 4. The Balaban J connectivity index is 1.43. The van der Waals surface area contributed by atoms with Gasteiger partial charge in [0, 0.05) is 44.4 Å². The van der Waals surface area contributed by atoms with Crippen LogP contribution in [-0.4, -0.2) is 56.5 Å². The lowest BCUT2D eigenvalue weighted by molar-refractivity contribution is -0.144. The molecule has 2 aromatic rings. The number of nitrogens with zero attached hydrogens (tertiary/aromatic N) is 5. The first kappa shape index (κ1) is 16.3. The molecule has 0 unspecified atom stereocenters. The van der Waals surface area contributed by atoms with Crippen LogP contribution in [0.2, 0.25) is 0 Å². The summed E-state index contributed by atoms with van der Waals surface area (Å²) in [6.45, 7) is 4.34. The summed E-state index contributed by atoms with van der Waals surface area (Å²) in [5.41, 5.74) is -0.510. The summed E-state index contributed by atoms with van der Waals surface area (Å²) in [6, 6.07) is 3.87. The number of aromatic nitrogens is 4. The monoisotopic (exact) mass is 342 g/mol. The fraction of sp³-hybridized carbons (Fsp3) is 0.611. The lowest BCUT2D eigenvalue weighted by Crippen LogP contribution is -2.57. The number of piperidine rings is 2. The SMILES string of the molecule is O=C(N1CCC(Cn2cccn2)CC1)C1(n2cccn2)CCNCC1. The number of carbonyl (C=O) groups excluding carboxylic acids is 1. The predicted octanol–water partition coefficient (Wildman–Crippen LogP) is 1.10. The third-order valence-electron chi connectivity index (χ3n) is 5.68. The lowest BCUT2D eigenvalue weighted by Gasteiger charge is -2.42. The van der Waals surface area contributed by atoms with Crippen LogP contribution in [0.1, 0.15) is 25.7 Å². The third kappa shape index (κ3) is 3.20. The van der Waals surface area contributed by atoms with Crippen molar-refractivity contribution in [2.75, 3.05) is 26.2 Å². The smallest absolute Gasteiger partial charge is 0.250 e. The molecule has 0 spiro atoms. The molecule has 0 bridgehead atoms. The standard InChI is InChI=1S/C18H26N6O/c25-17(18(5-9-19-10-6-18)24-12-2-8-21-24)22-13-3-16(4-14-22)15-23-11-1-7-20-23/h1-2,7-8,11-12,16,19H,3-6,9-10,13-15H2. The molecule has 25 heavy (non-hydrogen) atoms. The molecular weight excluding hydrogens is 316 g/mol. The van der Waals surface area contributed by atoms with Gasteiger partial charge in [-0.1, -0.05) is 0 Å². The van der Waals surface area contributed by atoms with E-state index in [9.17, 15) is 4.79 Å². The van der Waals surface area contributed by atoms with Crippen molar-refractivity contribution >= 4 is 5.91 Å². The summed E-state index contributed by atoms with van der Waals surface area (Å²) in [6.07, 6.45) is 11.2. The summed E-state index contributed by atoms with van der Waals surface area (Å²) in [5.74, 6) is 0.841. The van der Waals surface area contributed by atoms with Gasteiger partial charge in [-0.25, -0.2) is 0 Å². The Kier molecular flexibility index (Phi) is 4.57. The maximum atomic E-state index is 13.4. The van der Waals surface area contributed by atoms with Gasteiger partial charge in [0.05, 0.1) is 0 Å². The van der Waals surface area contributed by atoms with Gasteiger partial charge in [0.25, 0.3) is 5.91 Å². The fourth-order valence-corrected chi connectivity index (χ4v) is 4.19. The van der Waals surface area contributed by atoms with Crippen molar-refractivity contribution in [2.45, 2.75) is 37.8 Å². The average Bonchev–Trinajstić information content (AvgIpc) is 3.36. The van der Waals surface area contributed by atoms with Gasteiger partial charge in [-0.2, -0.15) is 10.2 Å². The normalized spacial score (nSPS) is 21.4. The molecule has 4 rings (SSSR count). The zero-order chi connectivity index (χ0) is 17.1. The van der Waals surface area contributed by atoms with Crippen molar-refractivity contribution in [3.05, 3.63) is 36.9 Å². The van der Waals surface area contributed by atoms with Gasteiger partial charge in [0.1, 0.15) is 5.54 Å². The zero-order valence-electron chi connectivity index (χ0n) is 14.5. The highest BCUT2D eigenvalue weighted by Gasteiger charge is 2.45. The number of amides is 1. The second-order valence-corrected chi connectivity index (χ2v) is 7.20. The van der Waals surface area contributed by atoms with E-state index in [2.05, 4.69) is 20.4 Å². The maximum absolute atomic E-state index is 13.4. The Morgan fingerprint density at radius 1 is 1.08 bits per heavy atom. The molecule has 2 fully saturated rings. The van der Waals surface area contributed by atoms with E-state index >= 15 is 0 Å². The molecule has 0 saturated carbocycles. The molecule has 0 atom stereocenters. The fourth-order valence-electron chi connectivity index (χ4n) is 4.19. The van der Waals surface area contributed by atoms with Crippen LogP contribution in [0.5, 0.6) is 0 Å². The van der Waals surface area contributed by atoms with Crippen molar-refractivity contribution in [3.8, 4) is 0 Å². The van der Waals surface area contributed by atoms with Crippen LogP contribution in [0.25, 0.3) is 0 Å². The van der Waals surface area contributed by atoms with E-state index in [0.29, 0.717) is 5.92 Å². The largest absolute Gasteiger partial charge is 0.341 e. The summed E-state index contributed by atoms with van der Waals surface area (Å²) in [4.78, 5) is 15.5. The van der Waals surface area contributed by atoms with E-state index < -0.39 is 5.54 Å². The van der Waals surface area contributed by atoms with Gasteiger partial charge >= 0.3 is 0 Å². The van der Waals surface area contributed by atoms with Crippen LogP contribution in [0.15, 0.2) is 36.9 Å². The quantitative estimate of drug-likeness (QED) is 0.903. The van der Waals surface area contributed by atoms with E-state index in [0.717, 1.165) is 58.4 Å². The molecular formula is C18H26N6O. The lowest BCUT2D eigenvalue weighted by atomic mass is 9.85. The minimum atomic E-state index is -0.510. The van der Waals surface area contributed by atoms with Gasteiger partial charge in [-0.15, -0.1) is 0 Å². The molecule has 4 heterocycles. The molecule has 0 aliphatic carbocycles. The minimum absolute atomic E-state index is 0.246. The van der Waals surface area contributed by atoms with Crippen LogP contribution in [0, 0.1) is 5.92 Å². The topological polar surface area (TPSA) is 68.0 Å². The summed E-state index contributed by atoms with van der Waals surface area (Å²) in [7, 11) is 0. The van der Waals surface area contributed by atoms with Gasteiger partial charge in [-0.3, -0.25) is 14.2 Å².